The Hall–Kier alpha value is -5.28. The highest BCUT2D eigenvalue weighted by atomic mass is 79.9. The molecule has 0 radical (unpaired) electrons. The Morgan fingerprint density at radius 2 is 1.43 bits per heavy atom. The van der Waals surface area contributed by atoms with Crippen molar-refractivity contribution in [2.45, 2.75) is 31.0 Å². The fraction of sp³-hybridized carbons (Fsp3) is 0.163. The van der Waals surface area contributed by atoms with Crippen LogP contribution < -0.4 is 15.6 Å². The number of halogens is 1. The lowest BCUT2D eigenvalue weighted by molar-refractivity contribution is -0.130. The maximum Gasteiger partial charge on any atom is 0.266 e. The van der Waals surface area contributed by atoms with E-state index in [0.717, 1.165) is 48.6 Å². The zero-order valence-electron chi connectivity index (χ0n) is 28.0. The van der Waals surface area contributed by atoms with Crippen LogP contribution in [0.4, 0.5) is 0 Å². The normalized spacial score (nSPS) is 16.7. The molecule has 0 spiro atoms. The highest BCUT2D eigenvalue weighted by Crippen LogP contribution is 2.43. The van der Waals surface area contributed by atoms with Gasteiger partial charge in [0.1, 0.15) is 5.75 Å². The SMILES string of the molecule is O=C(NNCc1cccc2ccccc12)[C@@]1(Cc2ccccc2Br)N=C(c2ccc(OCCCO)cc2)O[C@H]1c1ccc(-c2ccccc2)cc1. The molecule has 0 fully saturated rings. The summed E-state index contributed by atoms with van der Waals surface area (Å²) < 4.78 is 13.4. The molecule has 0 saturated carbocycles. The van der Waals surface area contributed by atoms with E-state index >= 15 is 0 Å². The summed E-state index contributed by atoms with van der Waals surface area (Å²) in [5.74, 6) is 0.730. The average Bonchev–Trinajstić information content (AvgIpc) is 3.57. The van der Waals surface area contributed by atoms with Gasteiger partial charge in [0.25, 0.3) is 5.91 Å². The van der Waals surface area contributed by atoms with Crippen molar-refractivity contribution < 1.29 is 19.4 Å². The van der Waals surface area contributed by atoms with Crippen LogP contribution >= 0.6 is 15.9 Å². The van der Waals surface area contributed by atoms with E-state index in [1.54, 1.807) is 0 Å². The summed E-state index contributed by atoms with van der Waals surface area (Å²) >= 11 is 3.72. The summed E-state index contributed by atoms with van der Waals surface area (Å²) in [6, 6.07) is 48.1. The number of hydrazine groups is 1. The molecule has 2 atom stereocenters. The van der Waals surface area contributed by atoms with Crippen LogP contribution in [0, 0.1) is 0 Å². The van der Waals surface area contributed by atoms with Gasteiger partial charge in [0.15, 0.2) is 11.6 Å². The van der Waals surface area contributed by atoms with Crippen molar-refractivity contribution in [3.8, 4) is 16.9 Å². The van der Waals surface area contributed by atoms with Gasteiger partial charge in [0.05, 0.1) is 6.61 Å². The van der Waals surface area contributed by atoms with Crippen LogP contribution in [0.2, 0.25) is 0 Å². The van der Waals surface area contributed by atoms with Crippen LogP contribution in [0.25, 0.3) is 21.9 Å². The van der Waals surface area contributed by atoms with E-state index in [2.05, 4.69) is 75.3 Å². The highest BCUT2D eigenvalue weighted by Gasteiger charge is 2.53. The smallest absolute Gasteiger partial charge is 0.266 e. The Morgan fingerprint density at radius 1 is 0.765 bits per heavy atom. The lowest BCUT2D eigenvalue weighted by Crippen LogP contribution is -2.53. The molecule has 0 unspecified atom stereocenters. The number of aliphatic hydroxyl groups excluding tert-OH is 1. The number of nitrogens with one attached hydrogen (secondary N) is 2. The van der Waals surface area contributed by atoms with Crippen molar-refractivity contribution in [2.75, 3.05) is 13.2 Å². The van der Waals surface area contributed by atoms with Crippen molar-refractivity contribution in [2.24, 2.45) is 4.99 Å². The summed E-state index contributed by atoms with van der Waals surface area (Å²) in [6.07, 6.45) is 0.0701. The predicted molar refractivity (Wildman–Crippen MR) is 205 cm³/mol. The molecule has 0 aromatic heterocycles. The van der Waals surface area contributed by atoms with Crippen molar-refractivity contribution in [1.82, 2.24) is 10.9 Å². The molecular formula is C43H38BrN3O4. The molecule has 7 rings (SSSR count). The Labute approximate surface area is 306 Å². The van der Waals surface area contributed by atoms with E-state index in [1.165, 1.54) is 0 Å². The number of carbonyl (C=O) groups is 1. The number of carbonyl (C=O) groups excluding carboxylic acids is 1. The molecule has 7 nitrogen and oxygen atoms in total. The number of rotatable bonds is 13. The zero-order valence-corrected chi connectivity index (χ0v) is 29.6. The minimum absolute atomic E-state index is 0.0644. The molecule has 1 aliphatic rings. The second-order valence-corrected chi connectivity index (χ2v) is 13.3. The van der Waals surface area contributed by atoms with Gasteiger partial charge in [-0.3, -0.25) is 10.2 Å². The molecular weight excluding hydrogens is 702 g/mol. The van der Waals surface area contributed by atoms with Crippen LogP contribution in [0.5, 0.6) is 5.75 Å². The number of amides is 1. The molecule has 1 aliphatic heterocycles. The third-order valence-electron chi connectivity index (χ3n) is 9.13. The van der Waals surface area contributed by atoms with E-state index < -0.39 is 11.6 Å². The van der Waals surface area contributed by atoms with Crippen LogP contribution in [-0.4, -0.2) is 35.7 Å². The van der Waals surface area contributed by atoms with E-state index in [9.17, 15) is 4.79 Å². The van der Waals surface area contributed by atoms with Crippen molar-refractivity contribution in [3.05, 3.63) is 172 Å². The summed E-state index contributed by atoms with van der Waals surface area (Å²) in [5, 5.41) is 11.4. The average molecular weight is 741 g/mol. The number of benzene rings is 6. The maximum absolute atomic E-state index is 14.8. The third kappa shape index (κ3) is 7.59. The fourth-order valence-corrected chi connectivity index (χ4v) is 6.89. The van der Waals surface area contributed by atoms with E-state index in [4.69, 9.17) is 19.6 Å². The van der Waals surface area contributed by atoms with Gasteiger partial charge in [0, 0.05) is 36.0 Å². The molecule has 256 valence electrons. The topological polar surface area (TPSA) is 92.2 Å². The third-order valence-corrected chi connectivity index (χ3v) is 9.90. The zero-order chi connectivity index (χ0) is 35.0. The number of nitrogens with zero attached hydrogens (tertiary/aromatic N) is 1. The molecule has 0 saturated heterocycles. The van der Waals surface area contributed by atoms with Gasteiger partial charge in [-0.15, -0.1) is 0 Å². The first-order chi connectivity index (χ1) is 25.0. The van der Waals surface area contributed by atoms with Crippen LogP contribution in [0.1, 0.15) is 34.8 Å². The lowest BCUT2D eigenvalue weighted by atomic mass is 9.82. The predicted octanol–water partition coefficient (Wildman–Crippen LogP) is 8.35. The van der Waals surface area contributed by atoms with Crippen molar-refractivity contribution in [1.29, 1.82) is 0 Å². The molecule has 0 aliphatic carbocycles. The van der Waals surface area contributed by atoms with E-state index in [1.807, 2.05) is 97.1 Å². The van der Waals surface area contributed by atoms with Gasteiger partial charge in [0.2, 0.25) is 5.90 Å². The number of hydrogen-bond donors (Lipinski definition) is 3. The fourth-order valence-electron chi connectivity index (χ4n) is 6.47. The van der Waals surface area contributed by atoms with Crippen LogP contribution in [-0.2, 0) is 22.5 Å². The van der Waals surface area contributed by atoms with Gasteiger partial charge in [-0.1, -0.05) is 131 Å². The van der Waals surface area contributed by atoms with Crippen LogP contribution in [0.15, 0.2) is 155 Å². The summed E-state index contributed by atoms with van der Waals surface area (Å²) in [4.78, 5) is 20.0. The minimum atomic E-state index is -1.38. The standard InChI is InChI=1S/C43H38BrN3O4/c44-39-17-7-5-13-35(39)28-43(42(49)47-45-29-36-15-8-14-32-12-4-6-16-38(32)36)40(33-20-18-31(19-21-33)30-10-2-1-3-11-30)51-41(46-43)34-22-24-37(25-23-34)50-27-9-26-48/h1-8,10-25,40,45,48H,9,26-29H2,(H,47,49)/t40-,43-/m0/s1. The molecule has 0 bridgehead atoms. The Kier molecular flexibility index (Phi) is 10.5. The van der Waals surface area contributed by atoms with E-state index in [-0.39, 0.29) is 18.9 Å². The summed E-state index contributed by atoms with van der Waals surface area (Å²) in [7, 11) is 0. The van der Waals surface area contributed by atoms with Gasteiger partial charge in [-0.25, -0.2) is 10.4 Å². The first kappa shape index (κ1) is 34.2. The monoisotopic (exact) mass is 739 g/mol. The Balaban J connectivity index is 1.26. The van der Waals surface area contributed by atoms with Gasteiger partial charge < -0.3 is 14.6 Å². The van der Waals surface area contributed by atoms with E-state index in [0.29, 0.717) is 31.2 Å². The molecule has 6 aromatic carbocycles. The molecule has 51 heavy (non-hydrogen) atoms. The van der Waals surface area contributed by atoms with Crippen molar-refractivity contribution >= 4 is 38.5 Å². The quantitative estimate of drug-likeness (QED) is 0.0819. The van der Waals surface area contributed by atoms with Gasteiger partial charge in [-0.05, 0) is 68.9 Å². The molecule has 1 amide bonds. The largest absolute Gasteiger partial charge is 0.494 e. The molecule has 3 N–H and O–H groups in total. The Bertz CT molecular complexity index is 2130. The highest BCUT2D eigenvalue weighted by molar-refractivity contribution is 9.10. The lowest BCUT2D eigenvalue weighted by Gasteiger charge is -2.31. The number of ether oxygens (including phenoxy) is 2. The molecule has 1 heterocycles. The van der Waals surface area contributed by atoms with Crippen molar-refractivity contribution in [3.63, 3.8) is 0 Å². The second kappa shape index (κ2) is 15.7. The van der Waals surface area contributed by atoms with Crippen LogP contribution in [0.3, 0.4) is 0 Å². The molecule has 6 aromatic rings. The number of aliphatic imine (C=N–C) groups is 1. The molecule has 8 heteroatoms. The maximum atomic E-state index is 14.8. The number of aliphatic hydroxyl groups is 1. The number of fused-ring (bicyclic) bond motifs is 1. The minimum Gasteiger partial charge on any atom is -0.494 e. The van der Waals surface area contributed by atoms with Gasteiger partial charge in [-0.2, -0.15) is 0 Å². The second-order valence-electron chi connectivity index (χ2n) is 12.5. The first-order valence-corrected chi connectivity index (χ1v) is 17.8. The summed E-state index contributed by atoms with van der Waals surface area (Å²) in [5.41, 5.74) is 10.6. The Morgan fingerprint density at radius 3 is 2.22 bits per heavy atom. The first-order valence-electron chi connectivity index (χ1n) is 17.0. The summed E-state index contributed by atoms with van der Waals surface area (Å²) in [6.45, 7) is 0.897. The number of hydrogen-bond acceptors (Lipinski definition) is 6. The van der Waals surface area contributed by atoms with Gasteiger partial charge >= 0.3 is 0 Å².